The molecule has 6 heteroatoms. The number of urea groups is 1. The Bertz CT molecular complexity index is 623. The van der Waals surface area contributed by atoms with Crippen LogP contribution >= 0.6 is 0 Å². The predicted molar refractivity (Wildman–Crippen MR) is 92.1 cm³/mol. The molecule has 0 bridgehead atoms. The fourth-order valence-electron chi connectivity index (χ4n) is 2.27. The first-order valence-corrected chi connectivity index (χ1v) is 7.99. The normalized spacial score (nSPS) is 13.4. The van der Waals surface area contributed by atoms with E-state index in [1.807, 2.05) is 20.8 Å². The monoisotopic (exact) mass is 332 g/mol. The first kappa shape index (κ1) is 17.9. The molecule has 0 saturated carbocycles. The summed E-state index contributed by atoms with van der Waals surface area (Å²) in [6.45, 7) is 5.74. The summed E-state index contributed by atoms with van der Waals surface area (Å²) in [5, 5.41) is 15.5. The molecule has 2 unspecified atom stereocenters. The molecule has 0 spiro atoms. The lowest BCUT2D eigenvalue weighted by atomic mass is 10.1. The number of furan rings is 1. The van der Waals surface area contributed by atoms with Crippen molar-refractivity contribution in [2.75, 3.05) is 5.32 Å². The van der Waals surface area contributed by atoms with Crippen molar-refractivity contribution >= 4 is 11.7 Å². The van der Waals surface area contributed by atoms with Crippen LogP contribution < -0.4 is 15.4 Å². The third-order valence-corrected chi connectivity index (χ3v) is 3.31. The van der Waals surface area contributed by atoms with Gasteiger partial charge in [0.15, 0.2) is 0 Å². The highest BCUT2D eigenvalue weighted by Gasteiger charge is 2.16. The maximum atomic E-state index is 12.0. The summed E-state index contributed by atoms with van der Waals surface area (Å²) < 4.78 is 10.7. The zero-order chi connectivity index (χ0) is 17.5. The van der Waals surface area contributed by atoms with Crippen molar-refractivity contribution in [2.24, 2.45) is 0 Å². The Morgan fingerprint density at radius 1 is 1.21 bits per heavy atom. The van der Waals surface area contributed by atoms with Crippen LogP contribution in [0, 0.1) is 0 Å². The van der Waals surface area contributed by atoms with Gasteiger partial charge in [0.05, 0.1) is 12.4 Å². The minimum absolute atomic E-state index is 0.105. The van der Waals surface area contributed by atoms with Crippen LogP contribution in [-0.4, -0.2) is 23.3 Å². The lowest BCUT2D eigenvalue weighted by Gasteiger charge is -2.17. The van der Waals surface area contributed by atoms with Gasteiger partial charge in [-0.2, -0.15) is 0 Å². The van der Waals surface area contributed by atoms with Crippen molar-refractivity contribution in [1.29, 1.82) is 0 Å². The number of ether oxygens (including phenoxy) is 1. The highest BCUT2D eigenvalue weighted by molar-refractivity contribution is 5.89. The number of carbonyl (C=O) groups is 1. The SMILES string of the molecule is CC(CC(O)c1ccco1)NC(=O)Nc1ccc(OC(C)C)cc1. The van der Waals surface area contributed by atoms with Crippen LogP contribution in [0.2, 0.25) is 0 Å². The maximum Gasteiger partial charge on any atom is 0.319 e. The molecule has 1 aromatic carbocycles. The molecule has 2 rings (SSSR count). The minimum Gasteiger partial charge on any atom is -0.491 e. The molecular weight excluding hydrogens is 308 g/mol. The molecule has 0 aliphatic heterocycles. The molecule has 0 aliphatic carbocycles. The molecule has 3 N–H and O–H groups in total. The van der Waals surface area contributed by atoms with E-state index >= 15 is 0 Å². The third-order valence-electron chi connectivity index (χ3n) is 3.31. The van der Waals surface area contributed by atoms with Crippen molar-refractivity contribution in [1.82, 2.24) is 5.32 Å². The number of anilines is 1. The summed E-state index contributed by atoms with van der Waals surface area (Å²) in [6, 6.07) is 10.0. The smallest absolute Gasteiger partial charge is 0.319 e. The topological polar surface area (TPSA) is 83.7 Å². The number of nitrogens with one attached hydrogen (secondary N) is 2. The van der Waals surface area contributed by atoms with E-state index in [1.54, 1.807) is 36.4 Å². The van der Waals surface area contributed by atoms with Crippen LogP contribution in [0.4, 0.5) is 10.5 Å². The second-order valence-electron chi connectivity index (χ2n) is 5.96. The number of aliphatic hydroxyl groups is 1. The maximum absolute atomic E-state index is 12.0. The molecular formula is C18H24N2O4. The zero-order valence-corrected chi connectivity index (χ0v) is 14.2. The van der Waals surface area contributed by atoms with Gasteiger partial charge in [-0.1, -0.05) is 0 Å². The van der Waals surface area contributed by atoms with E-state index in [0.717, 1.165) is 5.75 Å². The van der Waals surface area contributed by atoms with Gasteiger partial charge in [-0.05, 0) is 57.2 Å². The molecule has 2 aromatic rings. The van der Waals surface area contributed by atoms with E-state index in [9.17, 15) is 9.90 Å². The average molecular weight is 332 g/mol. The molecule has 24 heavy (non-hydrogen) atoms. The van der Waals surface area contributed by atoms with E-state index in [2.05, 4.69) is 10.6 Å². The number of aliphatic hydroxyl groups excluding tert-OH is 1. The van der Waals surface area contributed by atoms with Gasteiger partial charge in [0.1, 0.15) is 17.6 Å². The number of carbonyl (C=O) groups excluding carboxylic acids is 1. The fourth-order valence-corrected chi connectivity index (χ4v) is 2.27. The third kappa shape index (κ3) is 5.62. The number of amides is 2. The molecule has 6 nitrogen and oxygen atoms in total. The van der Waals surface area contributed by atoms with Gasteiger partial charge in [0.25, 0.3) is 0 Å². The Balaban J connectivity index is 1.79. The predicted octanol–water partition coefficient (Wildman–Crippen LogP) is 3.70. The van der Waals surface area contributed by atoms with Gasteiger partial charge >= 0.3 is 6.03 Å². The van der Waals surface area contributed by atoms with Gasteiger partial charge < -0.3 is 24.9 Å². The van der Waals surface area contributed by atoms with Crippen LogP contribution in [0.15, 0.2) is 47.1 Å². The van der Waals surface area contributed by atoms with E-state index < -0.39 is 6.10 Å². The molecule has 0 saturated heterocycles. The number of benzene rings is 1. The van der Waals surface area contributed by atoms with Gasteiger partial charge in [-0.15, -0.1) is 0 Å². The summed E-state index contributed by atoms with van der Waals surface area (Å²) in [5.74, 6) is 1.25. The molecule has 0 fully saturated rings. The largest absolute Gasteiger partial charge is 0.491 e. The average Bonchev–Trinajstić information content (AvgIpc) is 3.02. The van der Waals surface area contributed by atoms with Crippen LogP contribution in [0.25, 0.3) is 0 Å². The Morgan fingerprint density at radius 2 is 1.92 bits per heavy atom. The highest BCUT2D eigenvalue weighted by Crippen LogP contribution is 2.19. The van der Waals surface area contributed by atoms with Crippen molar-refractivity contribution < 1.29 is 19.1 Å². The number of hydrogen-bond acceptors (Lipinski definition) is 4. The Hall–Kier alpha value is -2.47. The van der Waals surface area contributed by atoms with Gasteiger partial charge in [0.2, 0.25) is 0 Å². The lowest BCUT2D eigenvalue weighted by Crippen LogP contribution is -2.37. The molecule has 2 atom stereocenters. The molecule has 1 heterocycles. The molecule has 0 aliphatic rings. The van der Waals surface area contributed by atoms with Crippen molar-refractivity contribution in [3.63, 3.8) is 0 Å². The standard InChI is InChI=1S/C18H24N2O4/c1-12(2)24-15-8-6-14(7-9-15)20-18(22)19-13(3)11-16(21)17-5-4-10-23-17/h4-10,12-13,16,21H,11H2,1-3H3,(H2,19,20,22). The van der Waals surface area contributed by atoms with Crippen LogP contribution in [0.1, 0.15) is 39.1 Å². The van der Waals surface area contributed by atoms with E-state index in [4.69, 9.17) is 9.15 Å². The molecule has 2 amide bonds. The Labute approximate surface area is 141 Å². The zero-order valence-electron chi connectivity index (χ0n) is 14.2. The summed E-state index contributed by atoms with van der Waals surface area (Å²) in [4.78, 5) is 12.0. The number of hydrogen-bond donors (Lipinski definition) is 3. The van der Waals surface area contributed by atoms with E-state index in [0.29, 0.717) is 17.9 Å². The van der Waals surface area contributed by atoms with Gasteiger partial charge in [-0.3, -0.25) is 0 Å². The van der Waals surface area contributed by atoms with Crippen molar-refractivity contribution in [2.45, 2.75) is 45.4 Å². The summed E-state index contributed by atoms with van der Waals surface area (Å²) in [7, 11) is 0. The summed E-state index contributed by atoms with van der Waals surface area (Å²) >= 11 is 0. The quantitative estimate of drug-likeness (QED) is 0.722. The molecule has 1 aromatic heterocycles. The Morgan fingerprint density at radius 3 is 2.50 bits per heavy atom. The highest BCUT2D eigenvalue weighted by atomic mass is 16.5. The van der Waals surface area contributed by atoms with Gasteiger partial charge in [-0.25, -0.2) is 4.79 Å². The second-order valence-corrected chi connectivity index (χ2v) is 5.96. The molecule has 130 valence electrons. The van der Waals surface area contributed by atoms with Crippen LogP contribution in [-0.2, 0) is 0 Å². The van der Waals surface area contributed by atoms with Crippen molar-refractivity contribution in [3.05, 3.63) is 48.4 Å². The Kier molecular flexibility index (Phi) is 6.26. The number of rotatable bonds is 7. The summed E-state index contributed by atoms with van der Waals surface area (Å²) in [6.07, 6.45) is 1.23. The summed E-state index contributed by atoms with van der Waals surface area (Å²) in [5.41, 5.74) is 0.669. The van der Waals surface area contributed by atoms with Crippen LogP contribution in [0.5, 0.6) is 5.75 Å². The first-order chi connectivity index (χ1) is 11.4. The fraction of sp³-hybridized carbons (Fsp3) is 0.389. The van der Waals surface area contributed by atoms with E-state index in [-0.39, 0.29) is 18.2 Å². The lowest BCUT2D eigenvalue weighted by molar-refractivity contribution is 0.130. The first-order valence-electron chi connectivity index (χ1n) is 7.99. The second kappa shape index (κ2) is 8.40. The van der Waals surface area contributed by atoms with Crippen LogP contribution in [0.3, 0.4) is 0 Å². The minimum atomic E-state index is -0.747. The van der Waals surface area contributed by atoms with Gasteiger partial charge in [0, 0.05) is 18.2 Å². The van der Waals surface area contributed by atoms with E-state index in [1.165, 1.54) is 6.26 Å². The van der Waals surface area contributed by atoms with Crippen molar-refractivity contribution in [3.8, 4) is 5.75 Å². The molecule has 0 radical (unpaired) electrons.